The van der Waals surface area contributed by atoms with E-state index in [1.54, 1.807) is 7.11 Å². The van der Waals surface area contributed by atoms with Gasteiger partial charge in [-0.3, -0.25) is 4.79 Å². The number of nitrogens with one attached hydrogen (secondary N) is 1. The van der Waals surface area contributed by atoms with E-state index in [1.807, 2.05) is 24.3 Å². The second kappa shape index (κ2) is 5.51. The van der Waals surface area contributed by atoms with Gasteiger partial charge in [0.2, 0.25) is 5.91 Å². The Balaban J connectivity index is 1.49. The number of carbonyl (C=O) groups is 1. The van der Waals surface area contributed by atoms with Crippen LogP contribution in [0.1, 0.15) is 44.9 Å². The van der Waals surface area contributed by atoms with E-state index in [4.69, 9.17) is 4.74 Å². The summed E-state index contributed by atoms with van der Waals surface area (Å²) < 4.78 is 5.64. The molecule has 4 aliphatic rings. The molecule has 4 fully saturated rings. The molecular formula is C19H24BrNO2. The third-order valence-corrected chi connectivity index (χ3v) is 6.96. The quantitative estimate of drug-likeness (QED) is 0.768. The zero-order valence-corrected chi connectivity index (χ0v) is 15.2. The molecule has 2 unspecified atom stereocenters. The summed E-state index contributed by atoms with van der Waals surface area (Å²) >= 11 is 4.02. The van der Waals surface area contributed by atoms with E-state index in [2.05, 4.69) is 21.2 Å². The lowest BCUT2D eigenvalue weighted by atomic mass is 9.48. The molecule has 1 aromatic carbocycles. The summed E-state index contributed by atoms with van der Waals surface area (Å²) in [7, 11) is 1.64. The van der Waals surface area contributed by atoms with Crippen LogP contribution in [0.3, 0.4) is 0 Å². The molecule has 0 heterocycles. The first-order valence-electron chi connectivity index (χ1n) is 8.61. The molecule has 0 aliphatic heterocycles. The van der Waals surface area contributed by atoms with Crippen molar-refractivity contribution in [3.05, 3.63) is 24.3 Å². The number of amides is 1. The Hall–Kier alpha value is -1.03. The van der Waals surface area contributed by atoms with Gasteiger partial charge in [-0.05, 0) is 67.9 Å². The zero-order valence-electron chi connectivity index (χ0n) is 13.6. The van der Waals surface area contributed by atoms with E-state index in [9.17, 15) is 4.79 Å². The third kappa shape index (κ3) is 2.90. The van der Waals surface area contributed by atoms with Gasteiger partial charge < -0.3 is 10.1 Å². The Bertz CT molecular complexity index is 616. The number of halogens is 1. The molecule has 4 saturated carbocycles. The minimum Gasteiger partial charge on any atom is -0.495 e. The smallest absolute Gasteiger partial charge is 0.225 e. The van der Waals surface area contributed by atoms with Crippen molar-refractivity contribution in [2.45, 2.75) is 49.3 Å². The highest BCUT2D eigenvalue weighted by Gasteiger charge is 2.57. The van der Waals surface area contributed by atoms with Crippen LogP contribution < -0.4 is 10.1 Å². The fraction of sp³-hybridized carbons (Fsp3) is 0.632. The monoisotopic (exact) mass is 377 g/mol. The van der Waals surface area contributed by atoms with Gasteiger partial charge in [0.1, 0.15) is 5.75 Å². The Labute approximate surface area is 146 Å². The van der Waals surface area contributed by atoms with Gasteiger partial charge in [0, 0.05) is 10.7 Å². The maximum Gasteiger partial charge on any atom is 0.225 e. The number of methoxy groups -OCH3 is 1. The number of carbonyl (C=O) groups excluding carboxylic acids is 1. The third-order valence-electron chi connectivity index (χ3n) is 6.03. The maximum absolute atomic E-state index is 12.7. The van der Waals surface area contributed by atoms with Gasteiger partial charge in [0.15, 0.2) is 0 Å². The molecule has 0 aromatic heterocycles. The van der Waals surface area contributed by atoms with Crippen LogP contribution in [0.2, 0.25) is 0 Å². The van der Waals surface area contributed by atoms with Crippen LogP contribution in [0.25, 0.3) is 0 Å². The Morgan fingerprint density at radius 3 is 2.61 bits per heavy atom. The fourth-order valence-electron chi connectivity index (χ4n) is 5.83. The van der Waals surface area contributed by atoms with Crippen molar-refractivity contribution in [3.8, 4) is 5.75 Å². The van der Waals surface area contributed by atoms with E-state index in [-0.39, 0.29) is 11.3 Å². The van der Waals surface area contributed by atoms with Crippen LogP contribution >= 0.6 is 15.9 Å². The Morgan fingerprint density at radius 1 is 1.26 bits per heavy atom. The summed E-state index contributed by atoms with van der Waals surface area (Å²) in [5, 5.41) is 3.07. The van der Waals surface area contributed by atoms with Crippen molar-refractivity contribution in [1.29, 1.82) is 0 Å². The van der Waals surface area contributed by atoms with E-state index in [0.717, 1.165) is 29.7 Å². The van der Waals surface area contributed by atoms with Gasteiger partial charge in [-0.1, -0.05) is 28.1 Å². The van der Waals surface area contributed by atoms with Crippen LogP contribution in [-0.2, 0) is 4.79 Å². The number of anilines is 1. The number of ether oxygens (including phenoxy) is 1. The second-order valence-corrected chi connectivity index (χ2v) is 9.72. The van der Waals surface area contributed by atoms with Crippen LogP contribution in [0.5, 0.6) is 5.75 Å². The number of hydrogen-bond donors (Lipinski definition) is 1. The first-order valence-corrected chi connectivity index (χ1v) is 9.40. The molecule has 23 heavy (non-hydrogen) atoms. The Morgan fingerprint density at radius 2 is 1.96 bits per heavy atom. The fourth-order valence-corrected chi connectivity index (χ4v) is 7.34. The zero-order chi connectivity index (χ0) is 16.1. The molecule has 4 bridgehead atoms. The first-order chi connectivity index (χ1) is 11.0. The lowest BCUT2D eigenvalue weighted by molar-refractivity contribution is -0.123. The molecule has 3 nitrogen and oxygen atoms in total. The van der Waals surface area contributed by atoms with Crippen molar-refractivity contribution in [3.63, 3.8) is 0 Å². The van der Waals surface area contributed by atoms with E-state index in [1.165, 1.54) is 32.1 Å². The number of para-hydroxylation sites is 2. The first kappa shape index (κ1) is 15.5. The van der Waals surface area contributed by atoms with Gasteiger partial charge in [-0.25, -0.2) is 0 Å². The van der Waals surface area contributed by atoms with Crippen molar-refractivity contribution >= 4 is 27.5 Å². The lowest BCUT2D eigenvalue weighted by Gasteiger charge is -2.60. The van der Waals surface area contributed by atoms with Gasteiger partial charge in [-0.2, -0.15) is 0 Å². The van der Waals surface area contributed by atoms with E-state index >= 15 is 0 Å². The molecular weight excluding hydrogens is 354 g/mol. The molecule has 0 radical (unpaired) electrons. The standard InChI is InChI=1S/C19H24BrNO2/c1-23-16-5-3-2-4-15(16)21-17(22)11-18-7-13-6-14(8-18)10-19(20,9-13)12-18/h2-5,13-14H,6-12H2,1H3,(H,21,22)/t13-,14+,18?,19?. The summed E-state index contributed by atoms with van der Waals surface area (Å²) in [5.74, 6) is 2.49. The van der Waals surface area contributed by atoms with Crippen molar-refractivity contribution in [1.82, 2.24) is 0 Å². The molecule has 1 N–H and O–H groups in total. The predicted octanol–water partition coefficient (Wildman–Crippen LogP) is 4.76. The van der Waals surface area contributed by atoms with Crippen molar-refractivity contribution in [2.24, 2.45) is 17.3 Å². The van der Waals surface area contributed by atoms with Crippen LogP contribution in [0, 0.1) is 17.3 Å². The number of benzene rings is 1. The van der Waals surface area contributed by atoms with Crippen LogP contribution in [0.4, 0.5) is 5.69 Å². The average Bonchev–Trinajstić information content (AvgIpc) is 2.44. The molecule has 4 aliphatic carbocycles. The molecule has 5 rings (SSSR count). The summed E-state index contributed by atoms with van der Waals surface area (Å²) in [4.78, 5) is 12.7. The normalized spacial score (nSPS) is 37.7. The largest absolute Gasteiger partial charge is 0.495 e. The summed E-state index contributed by atoms with van der Waals surface area (Å²) in [5.41, 5.74) is 0.984. The van der Waals surface area contributed by atoms with Gasteiger partial charge in [-0.15, -0.1) is 0 Å². The average molecular weight is 378 g/mol. The van der Waals surface area contributed by atoms with Gasteiger partial charge in [0.05, 0.1) is 12.8 Å². The number of alkyl halides is 1. The topological polar surface area (TPSA) is 38.3 Å². The highest BCUT2D eigenvalue weighted by atomic mass is 79.9. The molecule has 4 atom stereocenters. The number of rotatable bonds is 4. The summed E-state index contributed by atoms with van der Waals surface area (Å²) in [6, 6.07) is 7.63. The Kier molecular flexibility index (Phi) is 3.71. The summed E-state index contributed by atoms with van der Waals surface area (Å²) in [6.45, 7) is 0. The maximum atomic E-state index is 12.7. The SMILES string of the molecule is COc1ccccc1NC(=O)CC12C[C@@H]3C[C@@H](CC(Br)(C3)C1)C2. The van der Waals surface area contributed by atoms with Crippen molar-refractivity contribution in [2.75, 3.05) is 12.4 Å². The van der Waals surface area contributed by atoms with E-state index in [0.29, 0.717) is 10.7 Å². The van der Waals surface area contributed by atoms with E-state index < -0.39 is 0 Å². The minimum atomic E-state index is 0.132. The van der Waals surface area contributed by atoms with Crippen LogP contribution in [0.15, 0.2) is 24.3 Å². The molecule has 4 heteroatoms. The lowest BCUT2D eigenvalue weighted by Crippen LogP contribution is -2.53. The molecule has 124 valence electrons. The molecule has 0 spiro atoms. The van der Waals surface area contributed by atoms with Crippen molar-refractivity contribution < 1.29 is 9.53 Å². The predicted molar refractivity (Wildman–Crippen MR) is 95.0 cm³/mol. The second-order valence-electron chi connectivity index (χ2n) is 8.04. The molecule has 1 aromatic rings. The minimum absolute atomic E-state index is 0.132. The van der Waals surface area contributed by atoms with Gasteiger partial charge >= 0.3 is 0 Å². The van der Waals surface area contributed by atoms with Crippen LogP contribution in [-0.4, -0.2) is 17.3 Å². The molecule has 1 amide bonds. The summed E-state index contributed by atoms with van der Waals surface area (Å²) in [6.07, 6.45) is 8.26. The highest BCUT2D eigenvalue weighted by molar-refractivity contribution is 9.10. The number of hydrogen-bond acceptors (Lipinski definition) is 2. The van der Waals surface area contributed by atoms with Gasteiger partial charge in [0.25, 0.3) is 0 Å². The molecule has 0 saturated heterocycles. The highest BCUT2D eigenvalue weighted by Crippen LogP contribution is 2.65.